The number of morpholine rings is 1. The number of aliphatic hydroxyl groups is 1. The number of nitrogens with two attached hydrogens (primary N) is 1. The monoisotopic (exact) mass is 483 g/mol. The van der Waals surface area contributed by atoms with Crippen LogP contribution in [0.3, 0.4) is 0 Å². The van der Waals surface area contributed by atoms with Crippen molar-refractivity contribution >= 4 is 23.0 Å². The van der Waals surface area contributed by atoms with Gasteiger partial charge in [0.05, 0.1) is 24.4 Å². The number of rotatable bonds is 2. The Balaban J connectivity index is 0.000000313. The van der Waals surface area contributed by atoms with E-state index in [-0.39, 0.29) is 0 Å². The number of carbonyl (C=O) groups excluding carboxylic acids is 1. The SMILES string of the molecule is C1CCCCC1.C1COCCN1.CC.CO.Nc1ncnc2ccc(-c3cccc(C=O)n3)cc12. The second-order valence-electron chi connectivity index (χ2n) is 7.54. The highest BCUT2D eigenvalue weighted by Gasteiger charge is 2.05. The molecule has 3 heterocycles. The average molecular weight is 484 g/mol. The van der Waals surface area contributed by atoms with Gasteiger partial charge in [0.2, 0.25) is 0 Å². The van der Waals surface area contributed by atoms with E-state index in [1.807, 2.05) is 38.1 Å². The van der Waals surface area contributed by atoms with Gasteiger partial charge in [-0.1, -0.05) is 64.5 Å². The van der Waals surface area contributed by atoms with Gasteiger partial charge in [-0.25, -0.2) is 15.0 Å². The Morgan fingerprint density at radius 2 is 1.57 bits per heavy atom. The van der Waals surface area contributed by atoms with Crippen molar-refractivity contribution in [3.63, 3.8) is 0 Å². The summed E-state index contributed by atoms with van der Waals surface area (Å²) in [5, 5.41) is 10.9. The molecule has 3 aromatic rings. The van der Waals surface area contributed by atoms with Crippen LogP contribution >= 0.6 is 0 Å². The molecule has 1 saturated carbocycles. The van der Waals surface area contributed by atoms with E-state index in [1.54, 1.807) is 12.1 Å². The number of nitrogen functional groups attached to an aromatic ring is 1. The fourth-order valence-electron chi connectivity index (χ4n) is 3.49. The highest BCUT2D eigenvalue weighted by atomic mass is 16.5. The predicted molar refractivity (Wildman–Crippen MR) is 143 cm³/mol. The molecule has 192 valence electrons. The van der Waals surface area contributed by atoms with E-state index in [0.717, 1.165) is 61.9 Å². The smallest absolute Gasteiger partial charge is 0.168 e. The maximum Gasteiger partial charge on any atom is 0.168 e. The zero-order chi connectivity index (χ0) is 25.7. The van der Waals surface area contributed by atoms with Gasteiger partial charge < -0.3 is 20.9 Å². The number of anilines is 1. The third-order valence-corrected chi connectivity index (χ3v) is 5.20. The number of aromatic nitrogens is 3. The Kier molecular flexibility index (Phi) is 16.7. The minimum Gasteiger partial charge on any atom is -0.400 e. The highest BCUT2D eigenvalue weighted by Crippen LogP contribution is 2.24. The summed E-state index contributed by atoms with van der Waals surface area (Å²) in [4.78, 5) is 23.1. The van der Waals surface area contributed by atoms with Crippen molar-refractivity contribution in [3.8, 4) is 11.3 Å². The van der Waals surface area contributed by atoms with Gasteiger partial charge in [0, 0.05) is 31.1 Å². The zero-order valence-corrected chi connectivity index (χ0v) is 21.4. The lowest BCUT2D eigenvalue weighted by atomic mass is 10.0. The molecule has 2 aliphatic rings. The molecule has 4 N–H and O–H groups in total. The number of hydrogen-bond acceptors (Lipinski definition) is 8. The topological polar surface area (TPSA) is 123 Å². The molecule has 0 unspecified atom stereocenters. The minimum atomic E-state index is 0.398. The lowest BCUT2D eigenvalue weighted by molar-refractivity contribution is 0.109. The average Bonchev–Trinajstić information content (AvgIpc) is 2.98. The van der Waals surface area contributed by atoms with Crippen LogP contribution in [0, 0.1) is 0 Å². The van der Waals surface area contributed by atoms with Crippen molar-refractivity contribution in [2.45, 2.75) is 52.4 Å². The van der Waals surface area contributed by atoms with Gasteiger partial charge in [0.15, 0.2) is 6.29 Å². The molecule has 2 fully saturated rings. The van der Waals surface area contributed by atoms with Crippen molar-refractivity contribution in [2.24, 2.45) is 0 Å². The molecular weight excluding hydrogens is 442 g/mol. The van der Waals surface area contributed by atoms with Gasteiger partial charge >= 0.3 is 0 Å². The highest BCUT2D eigenvalue weighted by molar-refractivity contribution is 5.91. The molecule has 0 radical (unpaired) electrons. The van der Waals surface area contributed by atoms with Crippen LogP contribution in [0.15, 0.2) is 42.7 Å². The molecule has 5 rings (SSSR count). The summed E-state index contributed by atoms with van der Waals surface area (Å²) in [5.74, 6) is 0.429. The number of benzene rings is 1. The molecule has 35 heavy (non-hydrogen) atoms. The zero-order valence-electron chi connectivity index (χ0n) is 21.4. The number of carbonyl (C=O) groups is 1. The first-order valence-electron chi connectivity index (χ1n) is 12.4. The maximum absolute atomic E-state index is 10.8. The van der Waals surface area contributed by atoms with Crippen LogP contribution in [0.25, 0.3) is 22.2 Å². The molecule has 1 aromatic carbocycles. The van der Waals surface area contributed by atoms with Gasteiger partial charge in [-0.05, 0) is 24.3 Å². The molecule has 1 saturated heterocycles. The van der Waals surface area contributed by atoms with Crippen molar-refractivity contribution in [3.05, 3.63) is 48.4 Å². The Morgan fingerprint density at radius 1 is 0.943 bits per heavy atom. The van der Waals surface area contributed by atoms with Crippen LogP contribution in [0.2, 0.25) is 0 Å². The summed E-state index contributed by atoms with van der Waals surface area (Å²) in [6.45, 7) is 7.83. The van der Waals surface area contributed by atoms with Crippen molar-refractivity contribution in [1.82, 2.24) is 20.3 Å². The number of aldehydes is 1. The van der Waals surface area contributed by atoms with E-state index in [0.29, 0.717) is 11.5 Å². The van der Waals surface area contributed by atoms with E-state index in [9.17, 15) is 4.79 Å². The lowest BCUT2D eigenvalue weighted by Gasteiger charge is -2.10. The number of hydrogen-bond donors (Lipinski definition) is 3. The Labute approximate surface area is 209 Å². The summed E-state index contributed by atoms with van der Waals surface area (Å²) >= 11 is 0. The van der Waals surface area contributed by atoms with Crippen LogP contribution in [0.1, 0.15) is 62.9 Å². The predicted octanol–water partition coefficient (Wildman–Crippen LogP) is 4.67. The van der Waals surface area contributed by atoms with Gasteiger partial charge in [-0.2, -0.15) is 0 Å². The quantitative estimate of drug-likeness (QED) is 0.449. The van der Waals surface area contributed by atoms with E-state index in [2.05, 4.69) is 20.3 Å². The Bertz CT molecular complexity index is 925. The van der Waals surface area contributed by atoms with Crippen molar-refractivity contribution in [2.75, 3.05) is 39.1 Å². The van der Waals surface area contributed by atoms with Crippen LogP contribution in [0.5, 0.6) is 0 Å². The number of fused-ring (bicyclic) bond motifs is 1. The number of nitrogens with zero attached hydrogens (tertiary/aromatic N) is 3. The van der Waals surface area contributed by atoms with E-state index < -0.39 is 0 Å². The summed E-state index contributed by atoms with van der Waals surface area (Å²) in [7, 11) is 1.00. The van der Waals surface area contributed by atoms with E-state index >= 15 is 0 Å². The minimum absolute atomic E-state index is 0.398. The van der Waals surface area contributed by atoms with E-state index in [4.69, 9.17) is 15.6 Å². The third kappa shape index (κ3) is 11.4. The Hall–Kier alpha value is -2.94. The van der Waals surface area contributed by atoms with Crippen LogP contribution in [-0.4, -0.2) is 59.8 Å². The summed E-state index contributed by atoms with van der Waals surface area (Å²) in [6.07, 6.45) is 11.2. The largest absolute Gasteiger partial charge is 0.400 e. The number of aliphatic hydroxyl groups excluding tert-OH is 1. The van der Waals surface area contributed by atoms with Crippen molar-refractivity contribution in [1.29, 1.82) is 0 Å². The molecule has 0 amide bonds. The normalized spacial score (nSPS) is 14.3. The maximum atomic E-state index is 10.8. The van der Waals surface area contributed by atoms with Crippen LogP contribution < -0.4 is 11.1 Å². The van der Waals surface area contributed by atoms with Gasteiger partial charge in [0.25, 0.3) is 0 Å². The molecule has 8 nitrogen and oxygen atoms in total. The third-order valence-electron chi connectivity index (χ3n) is 5.20. The Morgan fingerprint density at radius 3 is 2.09 bits per heavy atom. The molecule has 8 heteroatoms. The fraction of sp³-hybridized carbons (Fsp3) is 0.481. The van der Waals surface area contributed by atoms with Gasteiger partial charge in [-0.3, -0.25) is 4.79 Å². The van der Waals surface area contributed by atoms with Gasteiger partial charge in [-0.15, -0.1) is 0 Å². The first kappa shape index (κ1) is 30.1. The summed E-state index contributed by atoms with van der Waals surface area (Å²) < 4.78 is 5.01. The number of pyridine rings is 1. The summed E-state index contributed by atoms with van der Waals surface area (Å²) in [6, 6.07) is 10.9. The van der Waals surface area contributed by atoms with Gasteiger partial charge in [0.1, 0.15) is 17.8 Å². The molecule has 0 spiro atoms. The first-order valence-corrected chi connectivity index (χ1v) is 12.4. The number of nitrogens with one attached hydrogen (secondary N) is 1. The lowest BCUT2D eigenvalue weighted by Crippen LogP contribution is -2.30. The van der Waals surface area contributed by atoms with Crippen LogP contribution in [-0.2, 0) is 4.74 Å². The molecule has 0 atom stereocenters. The molecule has 1 aliphatic carbocycles. The van der Waals surface area contributed by atoms with E-state index in [1.165, 1.54) is 44.9 Å². The number of ether oxygens (including phenoxy) is 1. The molecular formula is C27H41N5O3. The second-order valence-corrected chi connectivity index (χ2v) is 7.54. The molecule has 0 bridgehead atoms. The standard InChI is InChI=1S/C14H10N4O.C6H12.C4H9NO.C2H6.CH4O/c15-14-11-6-9(4-5-13(11)16-8-17-14)12-3-1-2-10(7-19)18-12;1-2-4-6-5-3-1;1-3-6-4-2-5-1;2*1-2/h1-8H,(H2,15,16,17);1-6H2;5H,1-4H2;1-2H3;2H,1H3. The molecule has 1 aliphatic heterocycles. The second kappa shape index (κ2) is 19.4. The molecule has 2 aromatic heterocycles. The summed E-state index contributed by atoms with van der Waals surface area (Å²) in [5.41, 5.74) is 8.60. The fourth-order valence-corrected chi connectivity index (χ4v) is 3.49. The van der Waals surface area contributed by atoms with Crippen LogP contribution in [0.4, 0.5) is 5.82 Å². The first-order chi connectivity index (χ1) is 17.3. The van der Waals surface area contributed by atoms with Crippen molar-refractivity contribution < 1.29 is 14.6 Å².